The van der Waals surface area contributed by atoms with E-state index in [1.54, 1.807) is 11.3 Å². The van der Waals surface area contributed by atoms with Gasteiger partial charge in [0.2, 0.25) is 0 Å². The fourth-order valence-electron chi connectivity index (χ4n) is 3.43. The zero-order valence-corrected chi connectivity index (χ0v) is 15.9. The lowest BCUT2D eigenvalue weighted by Gasteiger charge is -2.32. The van der Waals surface area contributed by atoms with Crippen molar-refractivity contribution in [2.45, 2.75) is 25.3 Å². The highest BCUT2D eigenvalue weighted by Crippen LogP contribution is 2.27. The van der Waals surface area contributed by atoms with Crippen molar-refractivity contribution in [1.82, 2.24) is 20.2 Å². The third kappa shape index (κ3) is 4.34. The summed E-state index contributed by atoms with van der Waals surface area (Å²) in [6.45, 7) is 2.03. The number of hydrogen-bond donors (Lipinski definition) is 1. The van der Waals surface area contributed by atoms with Crippen molar-refractivity contribution in [3.05, 3.63) is 71.5 Å². The largest absolute Gasteiger partial charge is 0.332 e. The van der Waals surface area contributed by atoms with E-state index in [2.05, 4.69) is 27.4 Å². The highest BCUT2D eigenvalue weighted by Gasteiger charge is 2.23. The minimum absolute atomic E-state index is 0.00237. The van der Waals surface area contributed by atoms with E-state index in [-0.39, 0.29) is 6.03 Å². The van der Waals surface area contributed by atoms with E-state index >= 15 is 0 Å². The fourth-order valence-corrected chi connectivity index (χ4v) is 4.26. The van der Waals surface area contributed by atoms with E-state index in [1.807, 2.05) is 53.0 Å². The van der Waals surface area contributed by atoms with Crippen LogP contribution < -0.4 is 5.32 Å². The molecule has 1 aliphatic rings. The summed E-state index contributed by atoms with van der Waals surface area (Å²) in [6, 6.07) is 14.3. The monoisotopic (exact) mass is 378 g/mol. The van der Waals surface area contributed by atoms with E-state index in [9.17, 15) is 4.79 Å². The number of nitrogens with zero attached hydrogens (tertiary/aromatic N) is 3. The Balaban J connectivity index is 1.27. The predicted octanol–water partition coefficient (Wildman–Crippen LogP) is 4.29. The maximum Gasteiger partial charge on any atom is 0.317 e. The second-order valence-corrected chi connectivity index (χ2v) is 7.57. The van der Waals surface area contributed by atoms with Crippen molar-refractivity contribution in [2.75, 3.05) is 13.1 Å². The van der Waals surface area contributed by atoms with Gasteiger partial charge in [0.05, 0.1) is 12.2 Å². The summed E-state index contributed by atoms with van der Waals surface area (Å²) in [6.07, 6.45) is 5.66. The number of amides is 2. The SMILES string of the molecule is O=C(NCc1csc(-c2ccccc2)n1)N1CCC(c2ccncc2)CC1. The van der Waals surface area contributed by atoms with Gasteiger partial charge in [-0.3, -0.25) is 4.98 Å². The summed E-state index contributed by atoms with van der Waals surface area (Å²) in [4.78, 5) is 23.1. The molecular weight excluding hydrogens is 356 g/mol. The fraction of sp³-hybridized carbons (Fsp3) is 0.286. The molecule has 138 valence electrons. The lowest BCUT2D eigenvalue weighted by molar-refractivity contribution is 0.181. The summed E-state index contributed by atoms with van der Waals surface area (Å²) in [5.74, 6) is 0.518. The van der Waals surface area contributed by atoms with Crippen LogP contribution in [0.2, 0.25) is 0 Å². The van der Waals surface area contributed by atoms with Crippen LogP contribution in [0.25, 0.3) is 10.6 Å². The van der Waals surface area contributed by atoms with Gasteiger partial charge in [0, 0.05) is 36.4 Å². The van der Waals surface area contributed by atoms with Crippen molar-refractivity contribution in [2.24, 2.45) is 0 Å². The first kappa shape index (κ1) is 17.7. The number of likely N-dealkylation sites (tertiary alicyclic amines) is 1. The maximum atomic E-state index is 12.5. The van der Waals surface area contributed by atoms with Gasteiger partial charge < -0.3 is 10.2 Å². The van der Waals surface area contributed by atoms with E-state index in [1.165, 1.54) is 5.56 Å². The van der Waals surface area contributed by atoms with E-state index < -0.39 is 0 Å². The van der Waals surface area contributed by atoms with Gasteiger partial charge >= 0.3 is 6.03 Å². The third-order valence-corrected chi connectivity index (χ3v) is 5.89. The second kappa shape index (κ2) is 8.31. The lowest BCUT2D eigenvalue weighted by Crippen LogP contribution is -2.43. The van der Waals surface area contributed by atoms with Crippen LogP contribution in [-0.4, -0.2) is 34.0 Å². The smallest absolute Gasteiger partial charge is 0.317 e. The molecule has 6 heteroatoms. The average Bonchev–Trinajstić information content (AvgIpc) is 3.22. The molecule has 1 aromatic carbocycles. The summed E-state index contributed by atoms with van der Waals surface area (Å²) in [5.41, 5.74) is 3.33. The minimum atomic E-state index is -0.00237. The Morgan fingerprint density at radius 2 is 1.85 bits per heavy atom. The van der Waals surface area contributed by atoms with E-state index in [0.29, 0.717) is 12.5 Å². The van der Waals surface area contributed by atoms with Crippen molar-refractivity contribution < 1.29 is 4.79 Å². The number of carbonyl (C=O) groups is 1. The third-order valence-electron chi connectivity index (χ3n) is 4.95. The molecule has 3 heterocycles. The molecule has 0 saturated carbocycles. The van der Waals surface area contributed by atoms with Crippen LogP contribution >= 0.6 is 11.3 Å². The van der Waals surface area contributed by atoms with Crippen LogP contribution in [-0.2, 0) is 6.54 Å². The van der Waals surface area contributed by atoms with Crippen LogP contribution in [0.15, 0.2) is 60.2 Å². The maximum absolute atomic E-state index is 12.5. The molecule has 5 nitrogen and oxygen atoms in total. The molecule has 3 aromatic rings. The molecule has 2 amide bonds. The number of piperidine rings is 1. The molecule has 1 N–H and O–H groups in total. The van der Waals surface area contributed by atoms with Crippen LogP contribution in [0.4, 0.5) is 4.79 Å². The van der Waals surface area contributed by atoms with Crippen molar-refractivity contribution in [3.63, 3.8) is 0 Å². The highest BCUT2D eigenvalue weighted by atomic mass is 32.1. The topological polar surface area (TPSA) is 58.1 Å². The van der Waals surface area contributed by atoms with Gasteiger partial charge in [0.1, 0.15) is 5.01 Å². The highest BCUT2D eigenvalue weighted by molar-refractivity contribution is 7.13. The Morgan fingerprint density at radius 1 is 1.11 bits per heavy atom. The van der Waals surface area contributed by atoms with Gasteiger partial charge in [-0.2, -0.15) is 0 Å². The Morgan fingerprint density at radius 3 is 2.59 bits per heavy atom. The number of benzene rings is 1. The summed E-state index contributed by atoms with van der Waals surface area (Å²) in [7, 11) is 0. The molecule has 0 unspecified atom stereocenters. The predicted molar refractivity (Wildman–Crippen MR) is 108 cm³/mol. The first-order valence-electron chi connectivity index (χ1n) is 9.22. The van der Waals surface area contributed by atoms with Crippen molar-refractivity contribution >= 4 is 17.4 Å². The van der Waals surface area contributed by atoms with Crippen LogP contribution in [0.3, 0.4) is 0 Å². The van der Waals surface area contributed by atoms with Crippen LogP contribution in [0, 0.1) is 0 Å². The Kier molecular flexibility index (Phi) is 5.44. The molecule has 1 saturated heterocycles. The first-order chi connectivity index (χ1) is 13.3. The van der Waals surface area contributed by atoms with Gasteiger partial charge in [-0.1, -0.05) is 30.3 Å². The van der Waals surface area contributed by atoms with Gasteiger partial charge in [-0.05, 0) is 36.5 Å². The quantitative estimate of drug-likeness (QED) is 0.737. The normalized spacial score (nSPS) is 14.9. The Labute approximate surface area is 163 Å². The number of urea groups is 1. The number of hydrogen-bond acceptors (Lipinski definition) is 4. The molecule has 4 rings (SSSR count). The average molecular weight is 379 g/mol. The molecule has 0 radical (unpaired) electrons. The Bertz CT molecular complexity index is 873. The lowest BCUT2D eigenvalue weighted by atomic mass is 9.90. The molecule has 1 aliphatic heterocycles. The molecule has 0 aliphatic carbocycles. The summed E-state index contributed by atoms with van der Waals surface area (Å²) >= 11 is 1.61. The number of rotatable bonds is 4. The van der Waals surface area contributed by atoms with Crippen molar-refractivity contribution in [1.29, 1.82) is 0 Å². The molecule has 0 atom stereocenters. The molecule has 0 spiro atoms. The van der Waals surface area contributed by atoms with Crippen molar-refractivity contribution in [3.8, 4) is 10.6 Å². The number of aromatic nitrogens is 2. The first-order valence-corrected chi connectivity index (χ1v) is 10.1. The number of thiazole rings is 1. The number of carbonyl (C=O) groups excluding carboxylic acids is 1. The second-order valence-electron chi connectivity index (χ2n) is 6.71. The molecule has 0 bridgehead atoms. The summed E-state index contributed by atoms with van der Waals surface area (Å²) < 4.78 is 0. The standard InChI is InChI=1S/C21H22N4OS/c26-21(25-12-8-17(9-13-25)16-6-10-22-11-7-16)23-14-19-15-27-20(24-19)18-4-2-1-3-5-18/h1-7,10-11,15,17H,8-9,12-14H2,(H,23,26). The van der Waals surface area contributed by atoms with Gasteiger partial charge in [0.25, 0.3) is 0 Å². The molecule has 2 aromatic heterocycles. The van der Waals surface area contributed by atoms with Crippen LogP contribution in [0.5, 0.6) is 0 Å². The molecular formula is C21H22N4OS. The zero-order chi connectivity index (χ0) is 18.5. The molecule has 27 heavy (non-hydrogen) atoms. The van der Waals surface area contributed by atoms with E-state index in [4.69, 9.17) is 0 Å². The van der Waals surface area contributed by atoms with Crippen LogP contribution in [0.1, 0.15) is 30.0 Å². The van der Waals surface area contributed by atoms with Gasteiger partial charge in [-0.15, -0.1) is 11.3 Å². The van der Waals surface area contributed by atoms with Gasteiger partial charge in [0.15, 0.2) is 0 Å². The Hall–Kier alpha value is -2.73. The zero-order valence-electron chi connectivity index (χ0n) is 15.0. The molecule has 1 fully saturated rings. The van der Waals surface area contributed by atoms with Gasteiger partial charge in [-0.25, -0.2) is 9.78 Å². The minimum Gasteiger partial charge on any atom is -0.332 e. The number of nitrogens with one attached hydrogen (secondary N) is 1. The summed E-state index contributed by atoms with van der Waals surface area (Å²) in [5, 5.41) is 6.01. The van der Waals surface area contributed by atoms with E-state index in [0.717, 1.165) is 42.2 Å². The number of pyridine rings is 1.